The van der Waals surface area contributed by atoms with Gasteiger partial charge in [-0.1, -0.05) is 0 Å². The van der Waals surface area contributed by atoms with Crippen LogP contribution in [0.5, 0.6) is 0 Å². The number of hydrogen-bond donors (Lipinski definition) is 1. The molecular formula is C13H24N2O5S. The summed E-state index contributed by atoms with van der Waals surface area (Å²) in [6.45, 7) is 1.93. The lowest BCUT2D eigenvalue weighted by atomic mass is 9.98. The average molecular weight is 320 g/mol. The first-order chi connectivity index (χ1) is 9.77. The Morgan fingerprint density at radius 1 is 1.33 bits per heavy atom. The standard InChI is InChI=1S/C13H24N2O5S/c1-3-21(19,20)14(2)10-12(16)15-9-5-4-6-11(15)7-8-13(17)18/h11H,3-10H2,1-2H3,(H,17,18). The van der Waals surface area contributed by atoms with Gasteiger partial charge in [-0.25, -0.2) is 8.42 Å². The van der Waals surface area contributed by atoms with Crippen LogP contribution < -0.4 is 0 Å². The second kappa shape index (κ2) is 7.74. The van der Waals surface area contributed by atoms with E-state index in [4.69, 9.17) is 5.11 Å². The van der Waals surface area contributed by atoms with E-state index in [1.54, 1.807) is 4.90 Å². The van der Waals surface area contributed by atoms with E-state index in [2.05, 4.69) is 0 Å². The summed E-state index contributed by atoms with van der Waals surface area (Å²) in [7, 11) is -1.99. The topological polar surface area (TPSA) is 95.0 Å². The predicted octanol–water partition coefficient (Wildman–Crippen LogP) is 0.514. The largest absolute Gasteiger partial charge is 0.481 e. The Labute approximate surface area is 126 Å². The van der Waals surface area contributed by atoms with E-state index in [-0.39, 0.29) is 30.7 Å². The fraction of sp³-hybridized carbons (Fsp3) is 0.846. The summed E-state index contributed by atoms with van der Waals surface area (Å²) in [6.07, 6.45) is 3.07. The van der Waals surface area contributed by atoms with Crippen LogP contribution in [0.15, 0.2) is 0 Å². The SMILES string of the molecule is CCS(=O)(=O)N(C)CC(=O)N1CCCCC1CCC(=O)O. The molecule has 0 aromatic heterocycles. The van der Waals surface area contributed by atoms with Crippen LogP contribution in [-0.2, 0) is 19.6 Å². The Hall–Kier alpha value is -1.15. The number of likely N-dealkylation sites (N-methyl/N-ethyl adjacent to an activating group) is 1. The molecule has 1 N–H and O–H groups in total. The molecule has 7 nitrogen and oxygen atoms in total. The van der Waals surface area contributed by atoms with Crippen molar-refractivity contribution in [2.45, 2.75) is 45.1 Å². The van der Waals surface area contributed by atoms with Crippen LogP contribution in [-0.4, -0.2) is 66.5 Å². The highest BCUT2D eigenvalue weighted by Gasteiger charge is 2.29. The lowest BCUT2D eigenvalue weighted by molar-refractivity contribution is -0.140. The van der Waals surface area contributed by atoms with Crippen LogP contribution in [0.3, 0.4) is 0 Å². The van der Waals surface area contributed by atoms with Gasteiger partial charge in [0.25, 0.3) is 0 Å². The Morgan fingerprint density at radius 3 is 2.57 bits per heavy atom. The number of rotatable bonds is 7. The zero-order valence-corrected chi connectivity index (χ0v) is 13.4. The molecule has 1 saturated heterocycles. The van der Waals surface area contributed by atoms with Gasteiger partial charge in [0.15, 0.2) is 0 Å². The van der Waals surface area contributed by atoms with Crippen LogP contribution in [0.1, 0.15) is 39.0 Å². The molecule has 0 saturated carbocycles. The van der Waals surface area contributed by atoms with E-state index in [9.17, 15) is 18.0 Å². The van der Waals surface area contributed by atoms with Gasteiger partial charge in [0, 0.05) is 26.1 Å². The molecule has 122 valence electrons. The summed E-state index contributed by atoms with van der Waals surface area (Å²) < 4.78 is 24.5. The van der Waals surface area contributed by atoms with Crippen molar-refractivity contribution in [1.29, 1.82) is 0 Å². The molecule has 1 rings (SSSR count). The van der Waals surface area contributed by atoms with Crippen LogP contribution in [0.4, 0.5) is 0 Å². The van der Waals surface area contributed by atoms with Crippen LogP contribution >= 0.6 is 0 Å². The number of carbonyl (C=O) groups excluding carboxylic acids is 1. The quantitative estimate of drug-likeness (QED) is 0.737. The Bertz CT molecular complexity index is 477. The van der Waals surface area contributed by atoms with Crippen molar-refractivity contribution in [2.24, 2.45) is 0 Å². The highest BCUT2D eigenvalue weighted by Crippen LogP contribution is 2.21. The third-order valence-electron chi connectivity index (χ3n) is 3.84. The van der Waals surface area contributed by atoms with Gasteiger partial charge >= 0.3 is 5.97 Å². The minimum atomic E-state index is -3.38. The molecule has 0 radical (unpaired) electrons. The monoisotopic (exact) mass is 320 g/mol. The third-order valence-corrected chi connectivity index (χ3v) is 5.64. The van der Waals surface area contributed by atoms with Crippen molar-refractivity contribution in [2.75, 3.05) is 25.9 Å². The van der Waals surface area contributed by atoms with E-state index < -0.39 is 16.0 Å². The molecule has 8 heteroatoms. The fourth-order valence-electron chi connectivity index (χ4n) is 2.52. The summed E-state index contributed by atoms with van der Waals surface area (Å²) in [5.41, 5.74) is 0. The van der Waals surface area contributed by atoms with Crippen molar-refractivity contribution in [3.05, 3.63) is 0 Å². The Morgan fingerprint density at radius 2 is 2.00 bits per heavy atom. The lowest BCUT2D eigenvalue weighted by Gasteiger charge is -2.36. The molecular weight excluding hydrogens is 296 g/mol. The molecule has 1 fully saturated rings. The smallest absolute Gasteiger partial charge is 0.303 e. The number of hydrogen-bond acceptors (Lipinski definition) is 4. The van der Waals surface area contributed by atoms with E-state index in [1.807, 2.05) is 0 Å². The summed E-state index contributed by atoms with van der Waals surface area (Å²) in [6, 6.07) is -0.0971. The number of piperidine rings is 1. The summed E-state index contributed by atoms with van der Waals surface area (Å²) >= 11 is 0. The Kier molecular flexibility index (Phi) is 6.60. The maximum atomic E-state index is 12.3. The van der Waals surface area contributed by atoms with Gasteiger partial charge < -0.3 is 10.0 Å². The zero-order valence-electron chi connectivity index (χ0n) is 12.6. The van der Waals surface area contributed by atoms with Gasteiger partial charge in [-0.05, 0) is 32.6 Å². The van der Waals surface area contributed by atoms with Gasteiger partial charge in [-0.3, -0.25) is 9.59 Å². The van der Waals surface area contributed by atoms with Crippen molar-refractivity contribution in [3.8, 4) is 0 Å². The normalized spacial score (nSPS) is 19.8. The lowest BCUT2D eigenvalue weighted by Crippen LogP contribution is -2.48. The van der Waals surface area contributed by atoms with Crippen molar-refractivity contribution in [3.63, 3.8) is 0 Å². The average Bonchev–Trinajstić information content (AvgIpc) is 2.45. The molecule has 0 aromatic rings. The van der Waals surface area contributed by atoms with E-state index in [0.29, 0.717) is 13.0 Å². The maximum Gasteiger partial charge on any atom is 0.303 e. The second-order valence-electron chi connectivity index (χ2n) is 5.33. The first kappa shape index (κ1) is 17.9. The minimum absolute atomic E-state index is 0.0253. The van der Waals surface area contributed by atoms with Gasteiger partial charge in [0.05, 0.1) is 12.3 Å². The molecule has 1 aliphatic heterocycles. The molecule has 0 aromatic carbocycles. The van der Waals surface area contributed by atoms with Crippen LogP contribution in [0, 0.1) is 0 Å². The van der Waals surface area contributed by atoms with E-state index in [0.717, 1.165) is 23.6 Å². The van der Waals surface area contributed by atoms with Gasteiger partial charge in [0.2, 0.25) is 15.9 Å². The molecule has 1 atom stereocenters. The third kappa shape index (κ3) is 5.28. The van der Waals surface area contributed by atoms with Crippen LogP contribution in [0.25, 0.3) is 0 Å². The van der Waals surface area contributed by atoms with Crippen molar-refractivity contribution < 1.29 is 23.1 Å². The highest BCUT2D eigenvalue weighted by atomic mass is 32.2. The molecule has 0 spiro atoms. The van der Waals surface area contributed by atoms with Gasteiger partial charge in [0.1, 0.15) is 0 Å². The summed E-state index contributed by atoms with van der Waals surface area (Å²) in [5, 5.41) is 8.76. The first-order valence-electron chi connectivity index (χ1n) is 7.23. The highest BCUT2D eigenvalue weighted by molar-refractivity contribution is 7.89. The molecule has 21 heavy (non-hydrogen) atoms. The number of aliphatic carboxylic acids is 1. The number of carbonyl (C=O) groups is 2. The minimum Gasteiger partial charge on any atom is -0.481 e. The molecule has 1 unspecified atom stereocenters. The number of carboxylic acid groups (broad SMARTS) is 1. The predicted molar refractivity (Wildman–Crippen MR) is 78.3 cm³/mol. The molecule has 1 heterocycles. The van der Waals surface area contributed by atoms with Crippen molar-refractivity contribution in [1.82, 2.24) is 9.21 Å². The van der Waals surface area contributed by atoms with E-state index in [1.165, 1.54) is 14.0 Å². The summed E-state index contributed by atoms with van der Waals surface area (Å²) in [5.74, 6) is -1.16. The summed E-state index contributed by atoms with van der Waals surface area (Å²) in [4.78, 5) is 24.6. The number of sulfonamides is 1. The number of amides is 1. The van der Waals surface area contributed by atoms with Gasteiger partial charge in [-0.15, -0.1) is 0 Å². The van der Waals surface area contributed by atoms with Crippen molar-refractivity contribution >= 4 is 21.9 Å². The second-order valence-corrected chi connectivity index (χ2v) is 7.69. The van der Waals surface area contributed by atoms with Gasteiger partial charge in [-0.2, -0.15) is 4.31 Å². The number of nitrogens with zero attached hydrogens (tertiary/aromatic N) is 2. The first-order valence-corrected chi connectivity index (χ1v) is 8.84. The molecule has 0 aliphatic carbocycles. The zero-order chi connectivity index (χ0) is 16.0. The van der Waals surface area contributed by atoms with E-state index >= 15 is 0 Å². The number of carboxylic acids is 1. The molecule has 0 bridgehead atoms. The van der Waals surface area contributed by atoms with Crippen LogP contribution in [0.2, 0.25) is 0 Å². The maximum absolute atomic E-state index is 12.3. The number of likely N-dealkylation sites (tertiary alicyclic amines) is 1. The molecule has 1 amide bonds. The Balaban J connectivity index is 2.66. The fourth-order valence-corrected chi connectivity index (χ4v) is 3.27. The molecule has 1 aliphatic rings.